The van der Waals surface area contributed by atoms with Crippen LogP contribution in [0.5, 0.6) is 5.75 Å². The first kappa shape index (κ1) is 23.9. The molecule has 3 atom stereocenters. The maximum absolute atomic E-state index is 13.6. The molecule has 2 aliphatic heterocycles. The fourth-order valence-corrected chi connectivity index (χ4v) is 6.45. The Hall–Kier alpha value is -2.77. The molecule has 0 spiro atoms. The van der Waals surface area contributed by atoms with Crippen molar-refractivity contribution in [1.29, 1.82) is 0 Å². The highest BCUT2D eigenvalue weighted by Crippen LogP contribution is 2.47. The van der Waals surface area contributed by atoms with Gasteiger partial charge in [0.05, 0.1) is 29.2 Å². The van der Waals surface area contributed by atoms with Crippen LogP contribution in [0, 0.1) is 5.92 Å². The molecule has 3 aromatic rings. The van der Waals surface area contributed by atoms with Gasteiger partial charge in [0.1, 0.15) is 12.1 Å². The Balaban J connectivity index is 1.46. The van der Waals surface area contributed by atoms with E-state index in [0.29, 0.717) is 24.5 Å². The van der Waals surface area contributed by atoms with E-state index in [2.05, 4.69) is 24.0 Å². The van der Waals surface area contributed by atoms with Crippen LogP contribution < -0.4 is 9.46 Å². The summed E-state index contributed by atoms with van der Waals surface area (Å²) < 4.78 is 78.3. The van der Waals surface area contributed by atoms with Crippen molar-refractivity contribution >= 4 is 26.7 Å². The minimum atomic E-state index is -4.27. The third kappa shape index (κ3) is 4.98. The second kappa shape index (κ2) is 9.36. The number of hydrogen-bond acceptors (Lipinski definition) is 8. The Bertz CT molecular complexity index is 1270. The van der Waals surface area contributed by atoms with E-state index in [1.54, 1.807) is 30.5 Å². The Kier molecular flexibility index (Phi) is 6.40. The van der Waals surface area contributed by atoms with Crippen LogP contribution in [-0.2, 0) is 10.0 Å². The van der Waals surface area contributed by atoms with Gasteiger partial charge in [-0.1, -0.05) is 12.1 Å². The van der Waals surface area contributed by atoms with Gasteiger partial charge in [-0.25, -0.2) is 13.4 Å². The fraction of sp³-hybridized carbons (Fsp3) is 0.409. The first-order valence-corrected chi connectivity index (χ1v) is 13.3. The summed E-state index contributed by atoms with van der Waals surface area (Å²) >= 11 is 0.917. The zero-order valence-corrected chi connectivity index (χ0v) is 20.0. The van der Waals surface area contributed by atoms with Gasteiger partial charge in [0.25, 0.3) is 10.0 Å². The number of halogens is 3. The topological polar surface area (TPSA) is 97.3 Å². The largest absolute Gasteiger partial charge is 0.493 e. The lowest BCUT2D eigenvalue weighted by Gasteiger charge is -2.45. The Labute approximate surface area is 204 Å². The number of likely N-dealkylation sites (tertiary alicyclic amines) is 1. The zero-order chi connectivity index (χ0) is 24.6. The quantitative estimate of drug-likeness (QED) is 0.521. The molecule has 8 nitrogen and oxygen atoms in total. The number of sulfonamides is 1. The van der Waals surface area contributed by atoms with Gasteiger partial charge in [0.2, 0.25) is 5.13 Å². The Morgan fingerprint density at radius 2 is 1.97 bits per heavy atom. The fourth-order valence-electron chi connectivity index (χ4n) is 4.77. The van der Waals surface area contributed by atoms with Crippen molar-refractivity contribution in [3.63, 3.8) is 0 Å². The maximum Gasteiger partial charge on any atom is 0.391 e. The van der Waals surface area contributed by atoms with Crippen LogP contribution in [0.1, 0.15) is 42.6 Å². The number of fused-ring (bicyclic) bond motifs is 1. The minimum absolute atomic E-state index is 0.00223. The van der Waals surface area contributed by atoms with E-state index in [0.717, 1.165) is 17.1 Å². The molecule has 1 fully saturated rings. The predicted molar refractivity (Wildman–Crippen MR) is 122 cm³/mol. The number of nitrogens with zero attached hydrogens (tertiary/aromatic N) is 4. The van der Waals surface area contributed by atoms with Crippen molar-refractivity contribution in [2.45, 2.75) is 42.4 Å². The Morgan fingerprint density at radius 1 is 1.11 bits per heavy atom. The normalized spacial score (nSPS) is 23.3. The number of nitrogens with one attached hydrogen (secondary N) is 1. The number of alkyl halides is 3. The van der Waals surface area contributed by atoms with E-state index in [9.17, 15) is 21.6 Å². The van der Waals surface area contributed by atoms with Crippen LogP contribution in [0.25, 0.3) is 0 Å². The van der Waals surface area contributed by atoms with Crippen molar-refractivity contribution in [2.75, 3.05) is 17.9 Å². The van der Waals surface area contributed by atoms with Crippen molar-refractivity contribution in [3.05, 3.63) is 60.2 Å². The standard InChI is InChI=1S/C22H22F3N5O3S2/c23-22(24,25)14-6-9-30(19(11-14)17-3-1-2-8-26-17)18-7-10-33-20-12-15(4-5-16(18)20)35(31,32)29-21-27-13-28-34-21/h1-5,8,12-14,18-19H,6-7,9-11H2,(H,27,28,29)/t14?,18-,19+/m1/s1. The van der Waals surface area contributed by atoms with E-state index < -0.39 is 28.2 Å². The molecule has 1 N–H and O–H groups in total. The molecule has 13 heteroatoms. The average molecular weight is 526 g/mol. The van der Waals surface area contributed by atoms with E-state index in [-0.39, 0.29) is 35.5 Å². The molecule has 0 saturated carbocycles. The van der Waals surface area contributed by atoms with Crippen LogP contribution in [0.15, 0.2) is 53.8 Å². The van der Waals surface area contributed by atoms with Crippen LogP contribution in [-0.4, -0.2) is 47.0 Å². The molecular weight excluding hydrogens is 503 g/mol. The third-order valence-electron chi connectivity index (χ3n) is 6.42. The van der Waals surface area contributed by atoms with Gasteiger partial charge in [-0.15, -0.1) is 0 Å². The average Bonchev–Trinajstić information content (AvgIpc) is 3.35. The number of pyridine rings is 1. The lowest BCUT2D eigenvalue weighted by atomic mass is 9.85. The number of hydrogen-bond donors (Lipinski definition) is 1. The predicted octanol–water partition coefficient (Wildman–Crippen LogP) is 4.57. The van der Waals surface area contributed by atoms with Crippen LogP contribution in [0.2, 0.25) is 0 Å². The molecule has 4 heterocycles. The summed E-state index contributed by atoms with van der Waals surface area (Å²) in [4.78, 5) is 10.3. The lowest BCUT2D eigenvalue weighted by Crippen LogP contribution is -2.44. The van der Waals surface area contributed by atoms with Crippen molar-refractivity contribution < 1.29 is 26.3 Å². The second-order valence-corrected chi connectivity index (χ2v) is 10.9. The summed E-state index contributed by atoms with van der Waals surface area (Å²) in [5, 5.41) is 0.146. The van der Waals surface area contributed by atoms with Gasteiger partial charge in [0, 0.05) is 48.4 Å². The van der Waals surface area contributed by atoms with Gasteiger partial charge < -0.3 is 4.74 Å². The van der Waals surface area contributed by atoms with E-state index in [4.69, 9.17) is 4.74 Å². The van der Waals surface area contributed by atoms with Gasteiger partial charge in [-0.2, -0.15) is 17.5 Å². The molecule has 0 bridgehead atoms. The molecular formula is C22H22F3N5O3S2. The number of ether oxygens (including phenoxy) is 1. The molecule has 35 heavy (non-hydrogen) atoms. The second-order valence-electron chi connectivity index (χ2n) is 8.48. The summed E-state index contributed by atoms with van der Waals surface area (Å²) in [5.41, 5.74) is 1.34. The molecule has 1 aromatic carbocycles. The zero-order valence-electron chi connectivity index (χ0n) is 18.4. The number of anilines is 1. The van der Waals surface area contributed by atoms with Gasteiger partial charge in [0.15, 0.2) is 0 Å². The lowest BCUT2D eigenvalue weighted by molar-refractivity contribution is -0.192. The summed E-state index contributed by atoms with van der Waals surface area (Å²) in [7, 11) is -3.91. The number of piperidine rings is 1. The van der Waals surface area contributed by atoms with Crippen LogP contribution in [0.4, 0.5) is 18.3 Å². The van der Waals surface area contributed by atoms with E-state index in [1.165, 1.54) is 18.5 Å². The first-order valence-electron chi connectivity index (χ1n) is 11.0. The van der Waals surface area contributed by atoms with Gasteiger partial charge in [-0.3, -0.25) is 14.6 Å². The van der Waals surface area contributed by atoms with Gasteiger partial charge in [-0.05, 0) is 31.0 Å². The van der Waals surface area contributed by atoms with Crippen LogP contribution in [0.3, 0.4) is 0 Å². The summed E-state index contributed by atoms with van der Waals surface area (Å²) in [6, 6.07) is 9.12. The smallest absolute Gasteiger partial charge is 0.391 e. The van der Waals surface area contributed by atoms with Crippen molar-refractivity contribution in [1.82, 2.24) is 19.2 Å². The molecule has 2 aromatic heterocycles. The number of benzene rings is 1. The molecule has 1 saturated heterocycles. The van der Waals surface area contributed by atoms with Crippen molar-refractivity contribution in [3.8, 4) is 5.75 Å². The van der Waals surface area contributed by atoms with Crippen LogP contribution >= 0.6 is 11.5 Å². The highest BCUT2D eigenvalue weighted by Gasteiger charge is 2.47. The highest BCUT2D eigenvalue weighted by molar-refractivity contribution is 7.93. The first-order chi connectivity index (χ1) is 16.7. The van der Waals surface area contributed by atoms with Gasteiger partial charge >= 0.3 is 6.18 Å². The summed E-state index contributed by atoms with van der Waals surface area (Å²) in [6.45, 7) is 0.563. The molecule has 0 amide bonds. The molecule has 0 radical (unpaired) electrons. The van der Waals surface area contributed by atoms with Crippen molar-refractivity contribution in [2.24, 2.45) is 5.92 Å². The number of aromatic nitrogens is 3. The van der Waals surface area contributed by atoms with E-state index >= 15 is 0 Å². The maximum atomic E-state index is 13.6. The Morgan fingerprint density at radius 3 is 2.69 bits per heavy atom. The highest BCUT2D eigenvalue weighted by atomic mass is 32.2. The number of rotatable bonds is 5. The minimum Gasteiger partial charge on any atom is -0.493 e. The molecule has 186 valence electrons. The monoisotopic (exact) mass is 525 g/mol. The summed E-state index contributed by atoms with van der Waals surface area (Å²) in [6.07, 6.45) is -0.935. The molecule has 1 unspecified atom stereocenters. The molecule has 2 aliphatic rings. The third-order valence-corrected chi connectivity index (χ3v) is 8.47. The van der Waals surface area contributed by atoms with E-state index in [1.807, 2.05) is 0 Å². The SMILES string of the molecule is O=S(=O)(Nc1ncns1)c1ccc2c(c1)OCC[C@H]2N1CCC(C(F)(F)F)C[C@H]1c1ccccn1. The molecule has 5 rings (SSSR count). The summed E-state index contributed by atoms with van der Waals surface area (Å²) in [5.74, 6) is -0.997. The molecule has 0 aliphatic carbocycles.